The first-order valence-electron chi connectivity index (χ1n) is 7.34. The van der Waals surface area contributed by atoms with Gasteiger partial charge in [-0.15, -0.1) is 0 Å². The molecule has 0 N–H and O–H groups in total. The highest BCUT2D eigenvalue weighted by Gasteiger charge is 2.18. The van der Waals surface area contributed by atoms with Crippen LogP contribution >= 0.6 is 0 Å². The molecule has 2 aromatic carbocycles. The molecule has 4 rings (SSSR count). The summed E-state index contributed by atoms with van der Waals surface area (Å²) in [5.41, 5.74) is 2.40. The van der Waals surface area contributed by atoms with E-state index in [0.717, 1.165) is 16.7 Å². The van der Waals surface area contributed by atoms with Gasteiger partial charge in [-0.05, 0) is 11.6 Å². The number of hydrogen-bond acceptors (Lipinski definition) is 5. The zero-order valence-electron chi connectivity index (χ0n) is 13.0. The average Bonchev–Trinajstić information content (AvgIpc) is 3.25. The summed E-state index contributed by atoms with van der Waals surface area (Å²) in [7, 11) is 1.60. The number of rotatable bonds is 2. The van der Waals surface area contributed by atoms with Gasteiger partial charge in [-0.1, -0.05) is 24.5 Å². The number of hydrogen-bond donors (Lipinski definition) is 0. The Hall–Kier alpha value is -3.26. The van der Waals surface area contributed by atoms with Crippen LogP contribution in [0.3, 0.4) is 0 Å². The second-order valence-electron chi connectivity index (χ2n) is 5.15. The van der Waals surface area contributed by atoms with E-state index < -0.39 is 0 Å². The van der Waals surface area contributed by atoms with Crippen molar-refractivity contribution >= 4 is 6.08 Å². The van der Waals surface area contributed by atoms with Gasteiger partial charge in [0.15, 0.2) is 23.0 Å². The van der Waals surface area contributed by atoms with Crippen molar-refractivity contribution in [3.63, 3.8) is 0 Å². The van der Waals surface area contributed by atoms with Crippen LogP contribution in [0.15, 0.2) is 30.8 Å². The molecule has 0 amide bonds. The molecule has 5 nitrogen and oxygen atoms in total. The number of fused-ring (bicyclic) bond motifs is 2. The van der Waals surface area contributed by atoms with E-state index >= 15 is 0 Å². The van der Waals surface area contributed by atoms with E-state index in [1.807, 2.05) is 18.2 Å². The Morgan fingerprint density at radius 2 is 1.42 bits per heavy atom. The molecular formula is C19H14O5. The molecule has 0 aromatic heterocycles. The van der Waals surface area contributed by atoms with Crippen molar-refractivity contribution in [3.8, 4) is 40.6 Å². The van der Waals surface area contributed by atoms with Crippen LogP contribution in [-0.4, -0.2) is 20.7 Å². The molecule has 24 heavy (non-hydrogen) atoms. The van der Waals surface area contributed by atoms with E-state index in [4.69, 9.17) is 23.7 Å². The highest BCUT2D eigenvalue weighted by molar-refractivity contribution is 5.66. The van der Waals surface area contributed by atoms with Crippen molar-refractivity contribution in [2.45, 2.75) is 0 Å². The van der Waals surface area contributed by atoms with Crippen molar-refractivity contribution in [1.82, 2.24) is 0 Å². The lowest BCUT2D eigenvalue weighted by Gasteiger charge is -2.05. The maximum atomic E-state index is 5.41. The summed E-state index contributed by atoms with van der Waals surface area (Å²) in [6, 6.07) is 7.32. The lowest BCUT2D eigenvalue weighted by molar-refractivity contribution is 0.173. The summed E-state index contributed by atoms with van der Waals surface area (Å²) in [5, 5.41) is 0. The Kier molecular flexibility index (Phi) is 3.43. The van der Waals surface area contributed by atoms with Gasteiger partial charge in [-0.2, -0.15) is 0 Å². The lowest BCUT2D eigenvalue weighted by atomic mass is 10.1. The molecule has 2 heterocycles. The smallest absolute Gasteiger partial charge is 0.231 e. The van der Waals surface area contributed by atoms with Crippen LogP contribution < -0.4 is 23.7 Å². The molecule has 0 saturated heterocycles. The molecule has 120 valence electrons. The standard InChI is InChI=1S/C19H14O5/c1-3-12-6-16-17(22-10-21-16)7-13(12)4-5-14-8-18-19(24-11-23-18)9-15(14)20-2/h3,6-9H,1,10-11H2,2H3. The van der Waals surface area contributed by atoms with Crippen LogP contribution in [0.25, 0.3) is 6.08 Å². The summed E-state index contributed by atoms with van der Waals surface area (Å²) >= 11 is 0. The highest BCUT2D eigenvalue weighted by Crippen LogP contribution is 2.38. The first-order chi connectivity index (χ1) is 11.8. The van der Waals surface area contributed by atoms with Crippen molar-refractivity contribution < 1.29 is 23.7 Å². The SMILES string of the molecule is C=Cc1cc2c(cc1C#Cc1cc3c(cc1OC)OCO3)OCO2. The fourth-order valence-corrected chi connectivity index (χ4v) is 2.56. The molecule has 0 aliphatic carbocycles. The van der Waals surface area contributed by atoms with Crippen LogP contribution in [0.2, 0.25) is 0 Å². The van der Waals surface area contributed by atoms with Gasteiger partial charge in [-0.3, -0.25) is 0 Å². The minimum absolute atomic E-state index is 0.206. The van der Waals surface area contributed by atoms with Crippen molar-refractivity contribution in [1.29, 1.82) is 0 Å². The van der Waals surface area contributed by atoms with Crippen molar-refractivity contribution in [2.24, 2.45) is 0 Å². The van der Waals surface area contributed by atoms with Gasteiger partial charge in [0.1, 0.15) is 5.75 Å². The van der Waals surface area contributed by atoms with Crippen LogP contribution in [0.1, 0.15) is 16.7 Å². The van der Waals surface area contributed by atoms with Gasteiger partial charge in [0.2, 0.25) is 13.6 Å². The van der Waals surface area contributed by atoms with E-state index in [1.54, 1.807) is 19.3 Å². The lowest BCUT2D eigenvalue weighted by Crippen LogP contribution is -1.92. The number of benzene rings is 2. The normalized spacial score (nSPS) is 13.2. The van der Waals surface area contributed by atoms with Crippen LogP contribution in [0.5, 0.6) is 28.7 Å². The summed E-state index contributed by atoms with van der Waals surface area (Å²) < 4.78 is 26.9. The average molecular weight is 322 g/mol. The molecular weight excluding hydrogens is 308 g/mol. The zero-order valence-corrected chi connectivity index (χ0v) is 13.0. The van der Waals surface area contributed by atoms with Gasteiger partial charge in [0, 0.05) is 23.8 Å². The Morgan fingerprint density at radius 3 is 2.04 bits per heavy atom. The van der Waals surface area contributed by atoms with Gasteiger partial charge < -0.3 is 23.7 Å². The Labute approximate surface area is 139 Å². The molecule has 2 aromatic rings. The highest BCUT2D eigenvalue weighted by atomic mass is 16.7. The van der Waals surface area contributed by atoms with Gasteiger partial charge in [0.05, 0.1) is 12.7 Å². The second kappa shape index (κ2) is 5.74. The minimum Gasteiger partial charge on any atom is -0.495 e. The fourth-order valence-electron chi connectivity index (χ4n) is 2.56. The third kappa shape index (κ3) is 2.38. The quantitative estimate of drug-likeness (QED) is 0.795. The van der Waals surface area contributed by atoms with Crippen LogP contribution in [0.4, 0.5) is 0 Å². The molecule has 2 aliphatic rings. The first-order valence-corrected chi connectivity index (χ1v) is 7.34. The predicted molar refractivity (Wildman–Crippen MR) is 87.8 cm³/mol. The molecule has 2 aliphatic heterocycles. The van der Waals surface area contributed by atoms with Gasteiger partial charge in [-0.25, -0.2) is 0 Å². The third-order valence-corrected chi connectivity index (χ3v) is 3.79. The largest absolute Gasteiger partial charge is 0.495 e. The summed E-state index contributed by atoms with van der Waals surface area (Å²) in [5.74, 6) is 9.61. The molecule has 5 heteroatoms. The maximum Gasteiger partial charge on any atom is 0.231 e. The monoisotopic (exact) mass is 322 g/mol. The molecule has 0 fully saturated rings. The topological polar surface area (TPSA) is 46.2 Å². The van der Waals surface area contributed by atoms with E-state index in [2.05, 4.69) is 18.4 Å². The Balaban J connectivity index is 1.76. The maximum absolute atomic E-state index is 5.41. The van der Waals surface area contributed by atoms with E-state index in [-0.39, 0.29) is 13.6 Å². The number of ether oxygens (including phenoxy) is 5. The minimum atomic E-state index is 0.206. The first kappa shape index (κ1) is 14.3. The molecule has 0 spiro atoms. The van der Waals surface area contributed by atoms with E-state index in [0.29, 0.717) is 28.7 Å². The molecule has 0 bridgehead atoms. The Bertz CT molecular complexity index is 889. The zero-order chi connectivity index (χ0) is 16.5. The van der Waals surface area contributed by atoms with Gasteiger partial charge >= 0.3 is 0 Å². The molecule has 0 unspecified atom stereocenters. The van der Waals surface area contributed by atoms with Crippen LogP contribution in [0, 0.1) is 11.8 Å². The fraction of sp³-hybridized carbons (Fsp3) is 0.158. The Morgan fingerprint density at radius 1 is 0.875 bits per heavy atom. The van der Waals surface area contributed by atoms with Crippen molar-refractivity contribution in [2.75, 3.05) is 20.7 Å². The van der Waals surface area contributed by atoms with Crippen LogP contribution in [-0.2, 0) is 0 Å². The van der Waals surface area contributed by atoms with Crippen molar-refractivity contribution in [3.05, 3.63) is 47.5 Å². The third-order valence-electron chi connectivity index (χ3n) is 3.79. The molecule has 0 atom stereocenters. The predicted octanol–water partition coefficient (Wildman–Crippen LogP) is 3.20. The summed E-state index contributed by atoms with van der Waals surface area (Å²) in [6.45, 7) is 4.26. The van der Waals surface area contributed by atoms with E-state index in [9.17, 15) is 0 Å². The molecule has 0 radical (unpaired) electrons. The number of methoxy groups -OCH3 is 1. The summed E-state index contributed by atoms with van der Waals surface area (Å²) in [4.78, 5) is 0. The van der Waals surface area contributed by atoms with Gasteiger partial charge in [0.25, 0.3) is 0 Å². The second-order valence-corrected chi connectivity index (χ2v) is 5.15. The van der Waals surface area contributed by atoms with E-state index in [1.165, 1.54) is 0 Å². The summed E-state index contributed by atoms with van der Waals surface area (Å²) in [6.07, 6.45) is 1.74. The molecule has 0 saturated carbocycles.